The van der Waals surface area contributed by atoms with E-state index in [0.717, 1.165) is 14.5 Å². The molecule has 0 saturated heterocycles. The van der Waals surface area contributed by atoms with Gasteiger partial charge in [0.1, 0.15) is 5.82 Å². The summed E-state index contributed by atoms with van der Waals surface area (Å²) in [6, 6.07) is 14.7. The number of hydrogen-bond acceptors (Lipinski definition) is 1. The molecule has 0 aliphatic carbocycles. The Kier molecular flexibility index (Phi) is 5.78. The van der Waals surface area contributed by atoms with Crippen LogP contribution in [0.2, 0.25) is 0 Å². The second-order valence-corrected chi connectivity index (χ2v) is 5.90. The second kappa shape index (κ2) is 7.36. The third-order valence-electron chi connectivity index (χ3n) is 2.76. The summed E-state index contributed by atoms with van der Waals surface area (Å²) in [4.78, 5) is 0. The van der Waals surface area contributed by atoms with Crippen LogP contribution in [-0.2, 0) is 11.3 Å². The lowest BCUT2D eigenvalue weighted by Gasteiger charge is -2.16. The predicted molar refractivity (Wildman–Crippen MR) is 87.0 cm³/mol. The maximum atomic E-state index is 13.5. The Morgan fingerprint density at radius 1 is 1.16 bits per heavy atom. The molecule has 0 N–H and O–H groups in total. The molecule has 2 aromatic rings. The molecule has 0 aromatic heterocycles. The van der Waals surface area contributed by atoms with E-state index < -0.39 is 0 Å². The molecular weight excluding hydrogens is 422 g/mol. The molecule has 0 spiro atoms. The Balaban J connectivity index is 2.06. The van der Waals surface area contributed by atoms with E-state index >= 15 is 0 Å². The normalized spacial score (nSPS) is 12.4. The lowest BCUT2D eigenvalue weighted by molar-refractivity contribution is 0.0559. The van der Waals surface area contributed by atoms with Crippen molar-refractivity contribution in [1.29, 1.82) is 0 Å². The first-order chi connectivity index (χ1) is 9.20. The van der Waals surface area contributed by atoms with Gasteiger partial charge < -0.3 is 4.74 Å². The van der Waals surface area contributed by atoms with E-state index in [4.69, 9.17) is 4.74 Å². The second-order valence-electron chi connectivity index (χ2n) is 4.10. The lowest BCUT2D eigenvalue weighted by atomic mass is 10.1. The first-order valence-corrected chi connectivity index (χ1v) is 8.19. The number of benzene rings is 2. The van der Waals surface area contributed by atoms with Gasteiger partial charge in [-0.15, -0.1) is 0 Å². The quantitative estimate of drug-likeness (QED) is 0.459. The maximum Gasteiger partial charge on any atom is 0.128 e. The highest BCUT2D eigenvalue weighted by Crippen LogP contribution is 2.24. The molecule has 0 heterocycles. The Labute approximate surface area is 134 Å². The summed E-state index contributed by atoms with van der Waals surface area (Å²) >= 11 is 5.73. The van der Waals surface area contributed by atoms with Crippen LogP contribution in [0, 0.1) is 5.82 Å². The molecule has 2 rings (SSSR count). The van der Waals surface area contributed by atoms with Crippen LogP contribution in [0.4, 0.5) is 4.39 Å². The summed E-state index contributed by atoms with van der Waals surface area (Å²) in [5.41, 5.74) is 1.69. The molecule has 1 atom stereocenters. The summed E-state index contributed by atoms with van der Waals surface area (Å²) in [6.07, 6.45) is -0.0299. The highest BCUT2D eigenvalue weighted by molar-refractivity contribution is 14.1. The van der Waals surface area contributed by atoms with Crippen LogP contribution in [0.25, 0.3) is 0 Å². The van der Waals surface area contributed by atoms with Crippen molar-refractivity contribution in [1.82, 2.24) is 0 Å². The minimum atomic E-state index is -0.219. The zero-order chi connectivity index (χ0) is 13.7. The van der Waals surface area contributed by atoms with Gasteiger partial charge in [0.15, 0.2) is 0 Å². The van der Waals surface area contributed by atoms with Gasteiger partial charge in [-0.05, 0) is 23.8 Å². The van der Waals surface area contributed by atoms with Gasteiger partial charge in [0.25, 0.3) is 0 Å². The van der Waals surface area contributed by atoms with Gasteiger partial charge in [-0.3, -0.25) is 0 Å². The molecule has 2 aromatic carbocycles. The van der Waals surface area contributed by atoms with Crippen molar-refractivity contribution in [2.24, 2.45) is 0 Å². The van der Waals surface area contributed by atoms with Crippen LogP contribution < -0.4 is 0 Å². The van der Waals surface area contributed by atoms with Crippen molar-refractivity contribution in [3.8, 4) is 0 Å². The molecule has 0 radical (unpaired) electrons. The number of alkyl halides is 1. The smallest absolute Gasteiger partial charge is 0.128 e. The fourth-order valence-electron chi connectivity index (χ4n) is 1.74. The van der Waals surface area contributed by atoms with Crippen molar-refractivity contribution in [2.45, 2.75) is 12.7 Å². The monoisotopic (exact) mass is 434 g/mol. The van der Waals surface area contributed by atoms with E-state index in [1.54, 1.807) is 12.1 Å². The van der Waals surface area contributed by atoms with Gasteiger partial charge in [-0.1, -0.05) is 68.9 Å². The first kappa shape index (κ1) is 14.9. The molecule has 0 amide bonds. The summed E-state index contributed by atoms with van der Waals surface area (Å²) < 4.78 is 21.2. The third kappa shape index (κ3) is 4.26. The van der Waals surface area contributed by atoms with Crippen LogP contribution in [0.5, 0.6) is 0 Å². The third-order valence-corrected chi connectivity index (χ3v) is 4.05. The molecule has 19 heavy (non-hydrogen) atoms. The molecule has 100 valence electrons. The molecule has 0 fully saturated rings. The van der Waals surface area contributed by atoms with E-state index in [2.05, 4.69) is 38.5 Å². The summed E-state index contributed by atoms with van der Waals surface area (Å²) in [5, 5.41) is 0. The van der Waals surface area contributed by atoms with Gasteiger partial charge in [0, 0.05) is 14.5 Å². The van der Waals surface area contributed by atoms with Gasteiger partial charge in [0.2, 0.25) is 0 Å². The van der Waals surface area contributed by atoms with Crippen molar-refractivity contribution < 1.29 is 9.13 Å². The predicted octanol–water partition coefficient (Wildman–Crippen LogP) is 5.28. The zero-order valence-corrected chi connectivity index (χ0v) is 13.9. The van der Waals surface area contributed by atoms with E-state index in [-0.39, 0.29) is 18.5 Å². The highest BCUT2D eigenvalue weighted by atomic mass is 127. The minimum absolute atomic E-state index is 0.0299. The Bertz CT molecular complexity index is 547. The maximum absolute atomic E-state index is 13.5. The van der Waals surface area contributed by atoms with Crippen molar-refractivity contribution in [2.75, 3.05) is 4.43 Å². The Morgan fingerprint density at radius 3 is 2.63 bits per heavy atom. The lowest BCUT2D eigenvalue weighted by Crippen LogP contribution is -2.06. The molecule has 1 nitrogen and oxygen atoms in total. The van der Waals surface area contributed by atoms with E-state index in [1.165, 1.54) is 6.07 Å². The summed E-state index contributed by atoms with van der Waals surface area (Å²) in [7, 11) is 0. The summed E-state index contributed by atoms with van der Waals surface area (Å²) in [5.74, 6) is -0.219. The van der Waals surface area contributed by atoms with Gasteiger partial charge in [0.05, 0.1) is 12.7 Å². The molecule has 4 heteroatoms. The largest absolute Gasteiger partial charge is 0.368 e. The molecule has 0 bridgehead atoms. The van der Waals surface area contributed by atoms with Crippen LogP contribution in [0.15, 0.2) is 53.0 Å². The molecular formula is C15H13BrFIO. The van der Waals surface area contributed by atoms with Gasteiger partial charge in [-0.25, -0.2) is 4.39 Å². The van der Waals surface area contributed by atoms with E-state index in [9.17, 15) is 4.39 Å². The average molecular weight is 435 g/mol. The Hall–Kier alpha value is -0.460. The number of ether oxygens (including phenoxy) is 1. The fraction of sp³-hybridized carbons (Fsp3) is 0.200. The van der Waals surface area contributed by atoms with Crippen molar-refractivity contribution >= 4 is 38.5 Å². The van der Waals surface area contributed by atoms with E-state index in [1.807, 2.05) is 30.3 Å². The van der Waals surface area contributed by atoms with Gasteiger partial charge in [-0.2, -0.15) is 0 Å². The Morgan fingerprint density at radius 2 is 1.95 bits per heavy atom. The highest BCUT2D eigenvalue weighted by Gasteiger charge is 2.12. The minimum Gasteiger partial charge on any atom is -0.368 e. The SMILES string of the molecule is Fc1ccccc1COC(CI)c1cccc(Br)c1. The number of halogens is 3. The molecule has 1 unspecified atom stereocenters. The summed E-state index contributed by atoms with van der Waals surface area (Å²) in [6.45, 7) is 0.285. The number of rotatable bonds is 5. The molecule has 0 aliphatic heterocycles. The van der Waals surface area contributed by atoms with Crippen LogP contribution in [0.1, 0.15) is 17.2 Å². The van der Waals surface area contributed by atoms with Crippen molar-refractivity contribution in [3.63, 3.8) is 0 Å². The van der Waals surface area contributed by atoms with E-state index in [0.29, 0.717) is 5.56 Å². The molecule has 0 saturated carbocycles. The molecule has 0 aliphatic rings. The van der Waals surface area contributed by atoms with Crippen molar-refractivity contribution in [3.05, 3.63) is 69.9 Å². The van der Waals surface area contributed by atoms with Gasteiger partial charge >= 0.3 is 0 Å². The average Bonchev–Trinajstić information content (AvgIpc) is 2.41. The van der Waals surface area contributed by atoms with Crippen LogP contribution in [-0.4, -0.2) is 4.43 Å². The number of hydrogen-bond donors (Lipinski definition) is 0. The zero-order valence-electron chi connectivity index (χ0n) is 10.2. The first-order valence-electron chi connectivity index (χ1n) is 5.87. The van der Waals surface area contributed by atoms with Crippen LogP contribution >= 0.6 is 38.5 Å². The standard InChI is InChI=1S/C15H13BrFIO/c16-13-6-3-5-11(8-13)15(9-18)19-10-12-4-1-2-7-14(12)17/h1-8,15H,9-10H2. The van der Waals surface area contributed by atoms with Crippen LogP contribution in [0.3, 0.4) is 0 Å². The topological polar surface area (TPSA) is 9.23 Å². The fourth-order valence-corrected chi connectivity index (χ4v) is 2.92.